The first kappa shape index (κ1) is 15.5. The third-order valence-electron chi connectivity index (χ3n) is 3.08. The lowest BCUT2D eigenvalue weighted by Crippen LogP contribution is -2.27. The number of phenolic OH excluding ortho intramolecular Hbond substituents is 1. The van der Waals surface area contributed by atoms with Crippen molar-refractivity contribution in [3.63, 3.8) is 0 Å². The predicted octanol–water partition coefficient (Wildman–Crippen LogP) is 2.51. The minimum absolute atomic E-state index is 0.000525. The molecular formula is C15H19N3O2S. The van der Waals surface area contributed by atoms with Gasteiger partial charge in [-0.2, -0.15) is 0 Å². The number of benzene rings is 1. The Balaban J connectivity index is 1.91. The van der Waals surface area contributed by atoms with Crippen LogP contribution in [0.15, 0.2) is 29.6 Å². The molecule has 21 heavy (non-hydrogen) atoms. The zero-order chi connectivity index (χ0) is 15.2. The Morgan fingerprint density at radius 3 is 2.81 bits per heavy atom. The fourth-order valence-corrected chi connectivity index (χ4v) is 2.91. The van der Waals surface area contributed by atoms with Crippen LogP contribution in [0.2, 0.25) is 0 Å². The minimum Gasteiger partial charge on any atom is -0.508 e. The highest BCUT2D eigenvalue weighted by molar-refractivity contribution is 7.14. The van der Waals surface area contributed by atoms with Gasteiger partial charge in [-0.25, -0.2) is 4.98 Å². The molecule has 0 aliphatic heterocycles. The number of aromatic hydroxyl groups is 1. The normalized spacial score (nSPS) is 10.6. The maximum absolute atomic E-state index is 11.5. The Kier molecular flexibility index (Phi) is 5.30. The number of carbonyl (C=O) groups excluding carboxylic acids is 1. The van der Waals surface area contributed by atoms with Gasteiger partial charge < -0.3 is 10.4 Å². The van der Waals surface area contributed by atoms with Crippen molar-refractivity contribution in [2.75, 3.05) is 11.4 Å². The van der Waals surface area contributed by atoms with Gasteiger partial charge in [0.2, 0.25) is 5.91 Å². The number of nitrogens with one attached hydrogen (secondary N) is 1. The van der Waals surface area contributed by atoms with E-state index in [-0.39, 0.29) is 11.7 Å². The first-order valence-electron chi connectivity index (χ1n) is 6.82. The second kappa shape index (κ2) is 7.19. The molecule has 6 heteroatoms. The van der Waals surface area contributed by atoms with Crippen molar-refractivity contribution in [2.24, 2.45) is 0 Å². The molecule has 0 fully saturated rings. The number of hydrogen-bond donors (Lipinski definition) is 2. The van der Waals surface area contributed by atoms with Crippen LogP contribution in [-0.4, -0.2) is 22.5 Å². The molecule has 2 N–H and O–H groups in total. The zero-order valence-electron chi connectivity index (χ0n) is 12.2. The molecule has 1 aromatic heterocycles. The van der Waals surface area contributed by atoms with E-state index < -0.39 is 0 Å². The number of carbonyl (C=O) groups is 1. The van der Waals surface area contributed by atoms with E-state index in [4.69, 9.17) is 0 Å². The molecule has 0 saturated heterocycles. The molecule has 1 amide bonds. The average Bonchev–Trinajstić information content (AvgIpc) is 2.90. The second-order valence-electron chi connectivity index (χ2n) is 4.62. The van der Waals surface area contributed by atoms with E-state index in [1.807, 2.05) is 24.4 Å². The number of aromatic nitrogens is 1. The van der Waals surface area contributed by atoms with Gasteiger partial charge in [-0.1, -0.05) is 18.2 Å². The molecule has 0 spiro atoms. The second-order valence-corrected chi connectivity index (χ2v) is 5.45. The van der Waals surface area contributed by atoms with Crippen molar-refractivity contribution in [3.05, 3.63) is 40.9 Å². The first-order chi connectivity index (χ1) is 10.1. The van der Waals surface area contributed by atoms with Crippen LogP contribution in [0.3, 0.4) is 0 Å². The highest BCUT2D eigenvalue weighted by Gasteiger charge is 2.13. The fourth-order valence-electron chi connectivity index (χ4n) is 1.98. The molecule has 2 rings (SSSR count). The topological polar surface area (TPSA) is 65.5 Å². The molecule has 0 atom stereocenters. The molecule has 5 nitrogen and oxygen atoms in total. The van der Waals surface area contributed by atoms with Gasteiger partial charge in [0.05, 0.1) is 5.69 Å². The monoisotopic (exact) mass is 305 g/mol. The van der Waals surface area contributed by atoms with Crippen LogP contribution >= 0.6 is 11.3 Å². The quantitative estimate of drug-likeness (QED) is 0.860. The van der Waals surface area contributed by atoms with Crippen LogP contribution in [0, 0.1) is 0 Å². The SMILES string of the molecule is CCN(C(C)=O)c1nc(CNCc2ccccc2O)cs1. The van der Waals surface area contributed by atoms with Gasteiger partial charge in [-0.05, 0) is 13.0 Å². The van der Waals surface area contributed by atoms with E-state index >= 15 is 0 Å². The van der Waals surface area contributed by atoms with Gasteiger partial charge in [-0.15, -0.1) is 11.3 Å². The zero-order valence-corrected chi connectivity index (χ0v) is 13.0. The van der Waals surface area contributed by atoms with Gasteiger partial charge >= 0.3 is 0 Å². The molecule has 112 valence electrons. The van der Waals surface area contributed by atoms with Gasteiger partial charge in [-0.3, -0.25) is 9.69 Å². The van der Waals surface area contributed by atoms with Gasteiger partial charge in [0.25, 0.3) is 0 Å². The summed E-state index contributed by atoms with van der Waals surface area (Å²) in [6.07, 6.45) is 0. The lowest BCUT2D eigenvalue weighted by atomic mass is 10.2. The third kappa shape index (κ3) is 4.03. The maximum Gasteiger partial charge on any atom is 0.225 e. The lowest BCUT2D eigenvalue weighted by Gasteiger charge is -2.14. The molecule has 2 aromatic rings. The summed E-state index contributed by atoms with van der Waals surface area (Å²) in [4.78, 5) is 17.6. The number of hydrogen-bond acceptors (Lipinski definition) is 5. The van der Waals surface area contributed by atoms with E-state index in [2.05, 4.69) is 10.3 Å². The van der Waals surface area contributed by atoms with Gasteiger partial charge in [0, 0.05) is 37.5 Å². The molecule has 0 radical (unpaired) electrons. The molecule has 1 heterocycles. The standard InChI is InChI=1S/C15H19N3O2S/c1-3-18(11(2)19)15-17-13(10-21-15)9-16-8-12-6-4-5-7-14(12)20/h4-7,10,16,20H,3,8-9H2,1-2H3. The third-order valence-corrected chi connectivity index (χ3v) is 3.99. The Morgan fingerprint density at radius 2 is 2.14 bits per heavy atom. The number of anilines is 1. The molecule has 0 unspecified atom stereocenters. The number of rotatable bonds is 6. The van der Waals surface area contributed by atoms with E-state index in [0.717, 1.165) is 16.4 Å². The Labute approximate surface area is 128 Å². The van der Waals surface area contributed by atoms with Crippen molar-refractivity contribution in [3.8, 4) is 5.75 Å². The van der Waals surface area contributed by atoms with Crippen molar-refractivity contribution in [1.29, 1.82) is 0 Å². The Morgan fingerprint density at radius 1 is 1.38 bits per heavy atom. The number of para-hydroxylation sites is 1. The summed E-state index contributed by atoms with van der Waals surface area (Å²) in [5.74, 6) is 0.290. The van der Waals surface area contributed by atoms with Crippen LogP contribution in [0.4, 0.5) is 5.13 Å². The summed E-state index contributed by atoms with van der Waals surface area (Å²) in [5.41, 5.74) is 1.75. The molecule has 0 aliphatic rings. The average molecular weight is 305 g/mol. The molecule has 0 saturated carbocycles. The minimum atomic E-state index is 0.000525. The van der Waals surface area contributed by atoms with Gasteiger partial charge in [0.15, 0.2) is 5.13 Å². The van der Waals surface area contributed by atoms with Crippen LogP contribution < -0.4 is 10.2 Å². The largest absolute Gasteiger partial charge is 0.508 e. The summed E-state index contributed by atoms with van der Waals surface area (Å²) < 4.78 is 0. The van der Waals surface area contributed by atoms with E-state index in [0.29, 0.717) is 19.6 Å². The first-order valence-corrected chi connectivity index (χ1v) is 7.70. The van der Waals surface area contributed by atoms with Crippen molar-refractivity contribution in [2.45, 2.75) is 26.9 Å². The maximum atomic E-state index is 11.5. The number of nitrogens with zero attached hydrogens (tertiary/aromatic N) is 2. The molecule has 1 aromatic carbocycles. The smallest absolute Gasteiger partial charge is 0.225 e. The van der Waals surface area contributed by atoms with Crippen LogP contribution in [0.1, 0.15) is 25.1 Å². The summed E-state index contributed by atoms with van der Waals surface area (Å²) >= 11 is 1.46. The highest BCUT2D eigenvalue weighted by Crippen LogP contribution is 2.21. The number of amides is 1. The summed E-state index contributed by atoms with van der Waals surface area (Å²) in [5, 5.41) is 15.6. The van der Waals surface area contributed by atoms with Crippen molar-refractivity contribution >= 4 is 22.4 Å². The Hall–Kier alpha value is -1.92. The van der Waals surface area contributed by atoms with Crippen molar-refractivity contribution in [1.82, 2.24) is 10.3 Å². The van der Waals surface area contributed by atoms with E-state index in [1.54, 1.807) is 24.0 Å². The van der Waals surface area contributed by atoms with Crippen LogP contribution in [0.25, 0.3) is 0 Å². The fraction of sp³-hybridized carbons (Fsp3) is 0.333. The molecule has 0 bridgehead atoms. The number of thiazole rings is 1. The van der Waals surface area contributed by atoms with Crippen LogP contribution in [-0.2, 0) is 17.9 Å². The summed E-state index contributed by atoms with van der Waals surface area (Å²) in [6.45, 7) is 5.26. The predicted molar refractivity (Wildman–Crippen MR) is 84.5 cm³/mol. The van der Waals surface area contributed by atoms with Crippen molar-refractivity contribution < 1.29 is 9.90 Å². The lowest BCUT2D eigenvalue weighted by molar-refractivity contribution is -0.116. The highest BCUT2D eigenvalue weighted by atomic mass is 32.1. The van der Waals surface area contributed by atoms with Crippen LogP contribution in [0.5, 0.6) is 5.75 Å². The van der Waals surface area contributed by atoms with E-state index in [9.17, 15) is 9.90 Å². The Bertz CT molecular complexity index is 612. The summed E-state index contributed by atoms with van der Waals surface area (Å²) in [7, 11) is 0. The summed E-state index contributed by atoms with van der Waals surface area (Å²) in [6, 6.07) is 7.24. The number of phenols is 1. The molecular weight excluding hydrogens is 286 g/mol. The molecule has 0 aliphatic carbocycles. The van der Waals surface area contributed by atoms with E-state index in [1.165, 1.54) is 11.3 Å². The van der Waals surface area contributed by atoms with Gasteiger partial charge in [0.1, 0.15) is 5.75 Å².